The fourth-order valence-corrected chi connectivity index (χ4v) is 2.64. The summed E-state index contributed by atoms with van der Waals surface area (Å²) in [6, 6.07) is 3.83. The van der Waals surface area contributed by atoms with Gasteiger partial charge in [-0.2, -0.15) is 26.3 Å². The number of nitrogens with zero attached hydrogens (tertiary/aromatic N) is 1. The molecule has 1 aromatic carbocycles. The van der Waals surface area contributed by atoms with Gasteiger partial charge in [-0.25, -0.2) is 0 Å². The van der Waals surface area contributed by atoms with Gasteiger partial charge in [-0.1, -0.05) is 6.92 Å². The first-order valence-electron chi connectivity index (χ1n) is 7.83. The minimum absolute atomic E-state index is 0.0273. The number of hydrogen-bond donors (Lipinski definition) is 0. The summed E-state index contributed by atoms with van der Waals surface area (Å²) in [7, 11) is 0. The molecule has 2 aromatic rings. The van der Waals surface area contributed by atoms with Gasteiger partial charge in [0.15, 0.2) is 0 Å². The average Bonchev–Trinajstić information content (AvgIpc) is 2.93. The first-order valence-corrected chi connectivity index (χ1v) is 7.83. The van der Waals surface area contributed by atoms with Crippen LogP contribution in [0.5, 0.6) is 0 Å². The third kappa shape index (κ3) is 4.80. The molecule has 0 aliphatic carbocycles. The Kier molecular flexibility index (Phi) is 5.25. The monoisotopic (exact) mass is 363 g/mol. The lowest BCUT2D eigenvalue weighted by Crippen LogP contribution is -2.13. The quantitative estimate of drug-likeness (QED) is 0.550. The van der Waals surface area contributed by atoms with E-state index in [2.05, 4.69) is 0 Å². The maximum atomic E-state index is 12.9. The first kappa shape index (κ1) is 19.4. The van der Waals surface area contributed by atoms with Gasteiger partial charge in [0.05, 0.1) is 11.1 Å². The Hall–Kier alpha value is -1.92. The Morgan fingerprint density at radius 3 is 1.80 bits per heavy atom. The normalized spacial score (nSPS) is 14.2. The van der Waals surface area contributed by atoms with Crippen LogP contribution >= 0.6 is 0 Å². The van der Waals surface area contributed by atoms with E-state index in [1.165, 1.54) is 0 Å². The molecule has 0 radical (unpaired) electrons. The molecule has 1 aromatic heterocycles. The number of hydrogen-bond acceptors (Lipinski definition) is 0. The minimum atomic E-state index is -4.82. The van der Waals surface area contributed by atoms with Crippen molar-refractivity contribution in [3.63, 3.8) is 0 Å². The highest BCUT2D eigenvalue weighted by Gasteiger charge is 2.37. The van der Waals surface area contributed by atoms with E-state index in [0.717, 1.165) is 17.7 Å². The molecule has 0 saturated carbocycles. The molecule has 0 aliphatic rings. The standard InChI is InChI=1S/C18H19F6N/c1-11(2)25-5-4-13(10-25)6-12(3)14-7-15(17(19,20)21)9-16(8-14)18(22,23)24/h4-5,7-12H,6H2,1-3H3. The summed E-state index contributed by atoms with van der Waals surface area (Å²) in [5, 5.41) is 0. The molecule has 0 spiro atoms. The molecule has 0 fully saturated rings. The van der Waals surface area contributed by atoms with Crippen molar-refractivity contribution >= 4 is 0 Å². The molecule has 7 heteroatoms. The molecule has 1 atom stereocenters. The topological polar surface area (TPSA) is 4.93 Å². The Morgan fingerprint density at radius 2 is 1.40 bits per heavy atom. The first-order chi connectivity index (χ1) is 11.4. The van der Waals surface area contributed by atoms with Crippen LogP contribution in [0.4, 0.5) is 26.3 Å². The van der Waals surface area contributed by atoms with Gasteiger partial charge in [0, 0.05) is 18.4 Å². The largest absolute Gasteiger partial charge is 0.416 e. The van der Waals surface area contributed by atoms with Crippen molar-refractivity contribution in [3.05, 3.63) is 58.9 Å². The van der Waals surface area contributed by atoms with E-state index in [4.69, 9.17) is 0 Å². The Bertz CT molecular complexity index is 692. The molecule has 138 valence electrons. The van der Waals surface area contributed by atoms with Crippen LogP contribution in [0.15, 0.2) is 36.7 Å². The minimum Gasteiger partial charge on any atom is -0.352 e. The van der Waals surface area contributed by atoms with Gasteiger partial charge >= 0.3 is 12.4 Å². The van der Waals surface area contributed by atoms with Crippen molar-refractivity contribution in [3.8, 4) is 0 Å². The van der Waals surface area contributed by atoms with E-state index in [-0.39, 0.29) is 17.7 Å². The number of alkyl halides is 6. The molecule has 0 amide bonds. The lowest BCUT2D eigenvalue weighted by atomic mass is 9.91. The third-order valence-electron chi connectivity index (χ3n) is 4.09. The van der Waals surface area contributed by atoms with Crippen molar-refractivity contribution < 1.29 is 26.3 Å². The maximum absolute atomic E-state index is 12.9. The van der Waals surface area contributed by atoms with Gasteiger partial charge in [0.2, 0.25) is 0 Å². The van der Waals surface area contributed by atoms with E-state index < -0.39 is 29.4 Å². The maximum Gasteiger partial charge on any atom is 0.416 e. The average molecular weight is 363 g/mol. The van der Waals surface area contributed by atoms with Crippen molar-refractivity contribution in [2.75, 3.05) is 0 Å². The van der Waals surface area contributed by atoms with Gasteiger partial charge in [-0.3, -0.25) is 0 Å². The summed E-state index contributed by atoms with van der Waals surface area (Å²) >= 11 is 0. The number of rotatable bonds is 4. The highest BCUT2D eigenvalue weighted by molar-refractivity contribution is 5.36. The van der Waals surface area contributed by atoms with Gasteiger partial charge in [0.1, 0.15) is 0 Å². The zero-order valence-electron chi connectivity index (χ0n) is 14.0. The van der Waals surface area contributed by atoms with Crippen molar-refractivity contribution in [2.45, 2.75) is 51.5 Å². The van der Waals surface area contributed by atoms with E-state index >= 15 is 0 Å². The van der Waals surface area contributed by atoms with Gasteiger partial charge in [0.25, 0.3) is 0 Å². The predicted octanol–water partition coefficient (Wildman–Crippen LogP) is 6.45. The lowest BCUT2D eigenvalue weighted by Gasteiger charge is -2.18. The summed E-state index contributed by atoms with van der Waals surface area (Å²) in [5.41, 5.74) is -1.65. The second-order valence-corrected chi connectivity index (χ2v) is 6.51. The molecule has 0 saturated heterocycles. The molecular weight excluding hydrogens is 344 g/mol. The molecular formula is C18H19F6N. The van der Waals surface area contributed by atoms with Crippen LogP contribution < -0.4 is 0 Å². The Labute approximate surface area is 142 Å². The second kappa shape index (κ2) is 6.77. The van der Waals surface area contributed by atoms with Crippen molar-refractivity contribution in [2.24, 2.45) is 0 Å². The smallest absolute Gasteiger partial charge is 0.352 e. The van der Waals surface area contributed by atoms with Gasteiger partial charge in [-0.05, 0) is 61.6 Å². The summed E-state index contributed by atoms with van der Waals surface area (Å²) in [5.74, 6) is -0.480. The number of halogens is 6. The van der Waals surface area contributed by atoms with E-state index in [1.54, 1.807) is 6.92 Å². The van der Waals surface area contributed by atoms with Crippen LogP contribution in [0.25, 0.3) is 0 Å². The zero-order chi connectivity index (χ0) is 19.0. The summed E-state index contributed by atoms with van der Waals surface area (Å²) in [6.45, 7) is 5.59. The highest BCUT2D eigenvalue weighted by atomic mass is 19.4. The van der Waals surface area contributed by atoms with Gasteiger partial charge < -0.3 is 4.57 Å². The van der Waals surface area contributed by atoms with Crippen LogP contribution in [-0.2, 0) is 18.8 Å². The van der Waals surface area contributed by atoms with Crippen LogP contribution in [-0.4, -0.2) is 4.57 Å². The fraction of sp³-hybridized carbons (Fsp3) is 0.444. The van der Waals surface area contributed by atoms with Crippen LogP contribution in [0.1, 0.15) is 55.0 Å². The molecule has 0 bridgehead atoms. The zero-order valence-corrected chi connectivity index (χ0v) is 14.0. The molecule has 2 rings (SSSR count). The van der Waals surface area contributed by atoms with Crippen molar-refractivity contribution in [1.29, 1.82) is 0 Å². The van der Waals surface area contributed by atoms with Gasteiger partial charge in [-0.15, -0.1) is 0 Å². The number of benzene rings is 1. The summed E-state index contributed by atoms with van der Waals surface area (Å²) in [6.07, 6.45) is -5.58. The fourth-order valence-electron chi connectivity index (χ4n) is 2.64. The summed E-state index contributed by atoms with van der Waals surface area (Å²) < 4.78 is 79.6. The van der Waals surface area contributed by atoms with E-state index in [9.17, 15) is 26.3 Å². The number of aromatic nitrogens is 1. The van der Waals surface area contributed by atoms with Crippen molar-refractivity contribution in [1.82, 2.24) is 4.57 Å². The highest BCUT2D eigenvalue weighted by Crippen LogP contribution is 2.38. The SMILES string of the molecule is CC(Cc1ccn(C(C)C)c1)c1cc(C(F)(F)F)cc(C(F)(F)F)c1. The van der Waals surface area contributed by atoms with E-state index in [1.807, 2.05) is 36.9 Å². The lowest BCUT2D eigenvalue weighted by molar-refractivity contribution is -0.143. The molecule has 1 unspecified atom stereocenters. The Morgan fingerprint density at radius 1 is 0.880 bits per heavy atom. The molecule has 0 N–H and O–H groups in total. The van der Waals surface area contributed by atoms with E-state index in [0.29, 0.717) is 6.42 Å². The second-order valence-electron chi connectivity index (χ2n) is 6.51. The third-order valence-corrected chi connectivity index (χ3v) is 4.09. The molecule has 1 heterocycles. The Balaban J connectivity index is 2.35. The molecule has 25 heavy (non-hydrogen) atoms. The van der Waals surface area contributed by atoms with Crippen LogP contribution in [0, 0.1) is 0 Å². The van der Waals surface area contributed by atoms with Crippen LogP contribution in [0.3, 0.4) is 0 Å². The summed E-state index contributed by atoms with van der Waals surface area (Å²) in [4.78, 5) is 0. The van der Waals surface area contributed by atoms with Crippen LogP contribution in [0.2, 0.25) is 0 Å². The molecule has 1 nitrogen and oxygen atoms in total. The molecule has 0 aliphatic heterocycles. The predicted molar refractivity (Wildman–Crippen MR) is 83.4 cm³/mol.